The fourth-order valence-corrected chi connectivity index (χ4v) is 2.85. The molecule has 122 valence electrons. The van der Waals surface area contributed by atoms with Crippen LogP contribution in [-0.2, 0) is 14.3 Å². The van der Waals surface area contributed by atoms with Gasteiger partial charge in [0.05, 0.1) is 6.61 Å². The Morgan fingerprint density at radius 2 is 1.76 bits per heavy atom. The Balaban J connectivity index is 2.53. The minimum absolute atomic E-state index is 0.236. The van der Waals surface area contributed by atoms with E-state index in [-0.39, 0.29) is 18.7 Å². The molecule has 1 rings (SSSR count). The first kappa shape index (κ1) is 17.9. The minimum atomic E-state index is -0.738. The summed E-state index contributed by atoms with van der Waals surface area (Å²) in [6.45, 7) is 9.41. The van der Waals surface area contributed by atoms with E-state index in [1.807, 2.05) is 0 Å². The van der Waals surface area contributed by atoms with Gasteiger partial charge in [-0.05, 0) is 47.8 Å². The molecule has 0 aromatic heterocycles. The lowest BCUT2D eigenvalue weighted by Crippen LogP contribution is -2.59. The number of carbonyl (C=O) groups excluding carboxylic acids is 2. The molecule has 2 unspecified atom stereocenters. The van der Waals surface area contributed by atoms with E-state index in [0.717, 1.165) is 19.5 Å². The second kappa shape index (κ2) is 8.34. The fraction of sp³-hybridized carbons (Fsp3) is 0.867. The smallest absolute Gasteiger partial charge is 0.397 e. The van der Waals surface area contributed by atoms with Gasteiger partial charge in [-0.15, -0.1) is 0 Å². The van der Waals surface area contributed by atoms with Gasteiger partial charge < -0.3 is 14.5 Å². The number of nitrogens with zero attached hydrogens (tertiary/aromatic N) is 3. The number of hydrogen-bond donors (Lipinski definition) is 0. The zero-order valence-electron chi connectivity index (χ0n) is 14.0. The molecule has 1 aliphatic rings. The standard InChI is InChI=1S/C15H29N3O3/c1-6-21-15(20)14(19)17-10-12(2)18(13(3)11-17)9-7-8-16(4)5/h12-13H,6-11H2,1-5H3. The molecule has 0 saturated carbocycles. The van der Waals surface area contributed by atoms with Gasteiger partial charge in [0, 0.05) is 31.7 Å². The Labute approximate surface area is 128 Å². The third-order valence-corrected chi connectivity index (χ3v) is 3.86. The van der Waals surface area contributed by atoms with Crippen LogP contribution in [0.3, 0.4) is 0 Å². The van der Waals surface area contributed by atoms with Crippen molar-refractivity contribution in [2.75, 3.05) is 46.9 Å². The van der Waals surface area contributed by atoms with E-state index >= 15 is 0 Å². The van der Waals surface area contributed by atoms with Crippen LogP contribution in [0.15, 0.2) is 0 Å². The highest BCUT2D eigenvalue weighted by Crippen LogP contribution is 2.16. The summed E-state index contributed by atoms with van der Waals surface area (Å²) in [7, 11) is 4.14. The highest BCUT2D eigenvalue weighted by molar-refractivity contribution is 6.32. The van der Waals surface area contributed by atoms with Crippen molar-refractivity contribution in [3.63, 3.8) is 0 Å². The van der Waals surface area contributed by atoms with Crippen LogP contribution in [0.1, 0.15) is 27.2 Å². The molecule has 21 heavy (non-hydrogen) atoms. The SMILES string of the molecule is CCOC(=O)C(=O)N1CC(C)N(CCCN(C)C)C(C)C1. The minimum Gasteiger partial charge on any atom is -0.459 e. The van der Waals surface area contributed by atoms with Crippen molar-refractivity contribution < 1.29 is 14.3 Å². The molecule has 2 atom stereocenters. The van der Waals surface area contributed by atoms with Gasteiger partial charge in [0.25, 0.3) is 0 Å². The summed E-state index contributed by atoms with van der Waals surface area (Å²) >= 11 is 0. The van der Waals surface area contributed by atoms with Crippen molar-refractivity contribution in [3.05, 3.63) is 0 Å². The molecule has 0 bridgehead atoms. The van der Waals surface area contributed by atoms with Crippen LogP contribution in [0.5, 0.6) is 0 Å². The Bertz CT molecular complexity index is 348. The van der Waals surface area contributed by atoms with Gasteiger partial charge in [-0.3, -0.25) is 9.69 Å². The number of hydrogen-bond acceptors (Lipinski definition) is 5. The number of rotatable bonds is 5. The quantitative estimate of drug-likeness (QED) is 0.544. The summed E-state index contributed by atoms with van der Waals surface area (Å²) in [6, 6.07) is 0.517. The zero-order valence-corrected chi connectivity index (χ0v) is 14.0. The van der Waals surface area contributed by atoms with Crippen molar-refractivity contribution >= 4 is 11.9 Å². The topological polar surface area (TPSA) is 53.1 Å². The molecule has 0 aliphatic carbocycles. The number of amides is 1. The fourth-order valence-electron chi connectivity index (χ4n) is 2.85. The van der Waals surface area contributed by atoms with E-state index in [4.69, 9.17) is 4.74 Å². The lowest BCUT2D eigenvalue weighted by Gasteiger charge is -2.44. The summed E-state index contributed by atoms with van der Waals surface area (Å²) < 4.78 is 4.80. The molecule has 0 aromatic rings. The summed E-state index contributed by atoms with van der Waals surface area (Å²) in [5.41, 5.74) is 0. The van der Waals surface area contributed by atoms with Crippen molar-refractivity contribution in [2.45, 2.75) is 39.3 Å². The molecule has 0 radical (unpaired) electrons. The molecule has 1 saturated heterocycles. The highest BCUT2D eigenvalue weighted by atomic mass is 16.5. The van der Waals surface area contributed by atoms with Gasteiger partial charge in [0.2, 0.25) is 0 Å². The Hall–Kier alpha value is -1.14. The van der Waals surface area contributed by atoms with Crippen LogP contribution in [0, 0.1) is 0 Å². The van der Waals surface area contributed by atoms with Crippen molar-refractivity contribution in [2.24, 2.45) is 0 Å². The molecule has 1 heterocycles. The highest BCUT2D eigenvalue weighted by Gasteiger charge is 2.34. The molecule has 6 nitrogen and oxygen atoms in total. The van der Waals surface area contributed by atoms with E-state index in [1.165, 1.54) is 0 Å². The van der Waals surface area contributed by atoms with Gasteiger partial charge in [0.1, 0.15) is 0 Å². The number of carbonyl (C=O) groups is 2. The van der Waals surface area contributed by atoms with Gasteiger partial charge in [-0.2, -0.15) is 0 Å². The van der Waals surface area contributed by atoms with E-state index in [2.05, 4.69) is 37.7 Å². The summed E-state index contributed by atoms with van der Waals surface area (Å²) in [5.74, 6) is -1.25. The van der Waals surface area contributed by atoms with Gasteiger partial charge in [0.15, 0.2) is 0 Å². The van der Waals surface area contributed by atoms with Gasteiger partial charge >= 0.3 is 11.9 Å². The van der Waals surface area contributed by atoms with E-state index in [1.54, 1.807) is 11.8 Å². The largest absolute Gasteiger partial charge is 0.459 e. The second-order valence-corrected chi connectivity index (χ2v) is 6.02. The summed E-state index contributed by atoms with van der Waals surface area (Å²) in [4.78, 5) is 29.8. The first-order valence-electron chi connectivity index (χ1n) is 7.73. The first-order chi connectivity index (χ1) is 9.86. The van der Waals surface area contributed by atoms with E-state index in [9.17, 15) is 9.59 Å². The lowest BCUT2D eigenvalue weighted by atomic mass is 10.1. The molecule has 0 spiro atoms. The molecular formula is C15H29N3O3. The first-order valence-corrected chi connectivity index (χ1v) is 7.73. The van der Waals surface area contributed by atoms with Gasteiger partial charge in [-0.1, -0.05) is 0 Å². The normalized spacial score (nSPS) is 23.4. The van der Waals surface area contributed by atoms with Crippen molar-refractivity contribution in [1.29, 1.82) is 0 Å². The van der Waals surface area contributed by atoms with E-state index < -0.39 is 11.9 Å². The Kier molecular flexibility index (Phi) is 7.11. The molecule has 1 fully saturated rings. The Morgan fingerprint density at radius 3 is 2.24 bits per heavy atom. The molecule has 6 heteroatoms. The predicted octanol–water partition coefficient (Wildman–Crippen LogP) is 0.422. The molecular weight excluding hydrogens is 270 g/mol. The van der Waals surface area contributed by atoms with Crippen molar-refractivity contribution in [1.82, 2.24) is 14.7 Å². The number of esters is 1. The van der Waals surface area contributed by atoms with Crippen molar-refractivity contribution in [3.8, 4) is 0 Å². The molecule has 0 aromatic carbocycles. The summed E-state index contributed by atoms with van der Waals surface area (Å²) in [5, 5.41) is 0. The average Bonchev–Trinajstić information content (AvgIpc) is 2.40. The third-order valence-electron chi connectivity index (χ3n) is 3.86. The van der Waals surface area contributed by atoms with Gasteiger partial charge in [-0.25, -0.2) is 4.79 Å². The zero-order chi connectivity index (χ0) is 16.0. The lowest BCUT2D eigenvalue weighted by molar-refractivity contribution is -0.162. The van der Waals surface area contributed by atoms with Crippen LogP contribution in [0.2, 0.25) is 0 Å². The molecule has 1 amide bonds. The average molecular weight is 299 g/mol. The maximum absolute atomic E-state index is 12.0. The monoisotopic (exact) mass is 299 g/mol. The Morgan fingerprint density at radius 1 is 1.19 bits per heavy atom. The van der Waals surface area contributed by atoms with Crippen LogP contribution >= 0.6 is 0 Å². The molecule has 0 N–H and O–H groups in total. The maximum Gasteiger partial charge on any atom is 0.397 e. The predicted molar refractivity (Wildman–Crippen MR) is 82.0 cm³/mol. The third kappa shape index (κ3) is 5.28. The van der Waals surface area contributed by atoms with Crippen LogP contribution in [0.25, 0.3) is 0 Å². The molecule has 1 aliphatic heterocycles. The maximum atomic E-state index is 12.0. The van der Waals surface area contributed by atoms with E-state index in [0.29, 0.717) is 13.1 Å². The summed E-state index contributed by atoms with van der Waals surface area (Å²) in [6.07, 6.45) is 1.10. The number of ether oxygens (including phenoxy) is 1. The van der Waals surface area contributed by atoms with Crippen LogP contribution in [0.4, 0.5) is 0 Å². The van der Waals surface area contributed by atoms with Crippen LogP contribution < -0.4 is 0 Å². The number of piperazine rings is 1. The van der Waals surface area contributed by atoms with Crippen LogP contribution in [-0.4, -0.2) is 85.5 Å². The second-order valence-electron chi connectivity index (χ2n) is 6.02.